The zero-order chi connectivity index (χ0) is 16.5. The van der Waals surface area contributed by atoms with Gasteiger partial charge in [-0.1, -0.05) is 12.5 Å². The molecular formula is C15H31N3O2S. The molecule has 0 heterocycles. The predicted octanol–water partition coefficient (Wildman–Crippen LogP) is 2.06. The van der Waals surface area contributed by atoms with E-state index in [-0.39, 0.29) is 0 Å². The number of nitrogens with zero attached hydrogens (tertiary/aromatic N) is 2. The molecule has 0 unspecified atom stereocenters. The summed E-state index contributed by atoms with van der Waals surface area (Å²) in [5.41, 5.74) is 0. The average Bonchev–Trinajstić information content (AvgIpc) is 2.37. The second-order valence-electron chi connectivity index (χ2n) is 5.99. The van der Waals surface area contributed by atoms with Gasteiger partial charge in [-0.3, -0.25) is 4.99 Å². The summed E-state index contributed by atoms with van der Waals surface area (Å²) < 4.78 is 22.6. The van der Waals surface area contributed by atoms with Gasteiger partial charge in [-0.25, -0.2) is 8.42 Å². The number of rotatable bonds is 9. The molecule has 0 fully saturated rings. The first-order valence-corrected chi connectivity index (χ1v) is 9.27. The second kappa shape index (κ2) is 9.07. The Bertz CT molecular complexity index is 442. The molecule has 124 valence electrons. The molecule has 0 aliphatic rings. The van der Waals surface area contributed by atoms with E-state index < -0.39 is 14.6 Å². The Balaban J connectivity index is 4.31. The molecular weight excluding hydrogens is 286 g/mol. The van der Waals surface area contributed by atoms with Crippen molar-refractivity contribution in [3.8, 4) is 0 Å². The van der Waals surface area contributed by atoms with Gasteiger partial charge in [-0.15, -0.1) is 6.58 Å². The Morgan fingerprint density at radius 1 is 1.33 bits per heavy atom. The van der Waals surface area contributed by atoms with Crippen molar-refractivity contribution in [1.29, 1.82) is 0 Å². The molecule has 0 aromatic heterocycles. The lowest BCUT2D eigenvalue weighted by atomic mass is 10.2. The van der Waals surface area contributed by atoms with Gasteiger partial charge < -0.3 is 10.2 Å². The number of hydrogen-bond donors (Lipinski definition) is 1. The van der Waals surface area contributed by atoms with Gasteiger partial charge in [0.2, 0.25) is 0 Å². The highest BCUT2D eigenvalue weighted by Crippen LogP contribution is 2.13. The van der Waals surface area contributed by atoms with Crippen LogP contribution in [0.2, 0.25) is 0 Å². The van der Waals surface area contributed by atoms with E-state index in [0.717, 1.165) is 38.2 Å². The van der Waals surface area contributed by atoms with Crippen LogP contribution in [0, 0.1) is 0 Å². The number of guanidine groups is 1. The molecule has 0 aromatic carbocycles. The minimum absolute atomic E-state index is 0.347. The van der Waals surface area contributed by atoms with E-state index in [1.807, 2.05) is 18.0 Å². The molecule has 5 nitrogen and oxygen atoms in total. The highest BCUT2D eigenvalue weighted by molar-refractivity contribution is 7.92. The summed E-state index contributed by atoms with van der Waals surface area (Å²) in [6.07, 6.45) is 7.66. The van der Waals surface area contributed by atoms with Crippen molar-refractivity contribution in [1.82, 2.24) is 10.2 Å². The first kappa shape index (κ1) is 20.0. The van der Waals surface area contributed by atoms with Gasteiger partial charge in [0.05, 0.1) is 4.75 Å². The van der Waals surface area contributed by atoms with Crippen LogP contribution >= 0.6 is 0 Å². The summed E-state index contributed by atoms with van der Waals surface area (Å²) in [5.74, 6) is 0.732. The summed E-state index contributed by atoms with van der Waals surface area (Å²) >= 11 is 0. The van der Waals surface area contributed by atoms with Crippen molar-refractivity contribution in [3.63, 3.8) is 0 Å². The minimum atomic E-state index is -3.10. The Labute approximate surface area is 130 Å². The topological polar surface area (TPSA) is 61.8 Å². The van der Waals surface area contributed by atoms with E-state index in [0.29, 0.717) is 6.54 Å². The number of aliphatic imine (C=N–C) groups is 1. The van der Waals surface area contributed by atoms with E-state index in [4.69, 9.17) is 0 Å². The van der Waals surface area contributed by atoms with Crippen LogP contribution < -0.4 is 5.32 Å². The Morgan fingerprint density at radius 2 is 1.95 bits per heavy atom. The van der Waals surface area contributed by atoms with Gasteiger partial charge in [0.1, 0.15) is 0 Å². The summed E-state index contributed by atoms with van der Waals surface area (Å²) in [5, 5.41) is 3.15. The number of hydrogen-bond acceptors (Lipinski definition) is 3. The van der Waals surface area contributed by atoms with E-state index in [2.05, 4.69) is 16.9 Å². The Morgan fingerprint density at radius 3 is 2.43 bits per heavy atom. The normalized spacial score (nSPS) is 13.1. The third kappa shape index (κ3) is 7.50. The maximum Gasteiger partial charge on any atom is 0.193 e. The van der Waals surface area contributed by atoms with Crippen LogP contribution in [0.1, 0.15) is 39.5 Å². The third-order valence-corrected chi connectivity index (χ3v) is 5.80. The van der Waals surface area contributed by atoms with Crippen LogP contribution in [-0.2, 0) is 9.84 Å². The summed E-state index contributed by atoms with van der Waals surface area (Å²) in [4.78, 5) is 6.24. The van der Waals surface area contributed by atoms with Crippen LogP contribution in [0.4, 0.5) is 0 Å². The van der Waals surface area contributed by atoms with Crippen molar-refractivity contribution < 1.29 is 8.42 Å². The van der Waals surface area contributed by atoms with Crippen molar-refractivity contribution >= 4 is 15.8 Å². The molecule has 0 aliphatic heterocycles. The number of allylic oxidation sites excluding steroid dienone is 1. The summed E-state index contributed by atoms with van der Waals surface area (Å²) in [7, 11) is 0.576. The average molecular weight is 317 g/mol. The second-order valence-corrected chi connectivity index (χ2v) is 8.64. The molecule has 0 aromatic rings. The zero-order valence-electron chi connectivity index (χ0n) is 14.1. The molecule has 21 heavy (non-hydrogen) atoms. The van der Waals surface area contributed by atoms with E-state index in [1.54, 1.807) is 20.9 Å². The SMILES string of the molecule is C=CCCCCCN(C)C(=NC)NCC(C)(C)S(C)(=O)=O. The van der Waals surface area contributed by atoms with Crippen LogP contribution in [0.15, 0.2) is 17.6 Å². The fraction of sp³-hybridized carbons (Fsp3) is 0.800. The third-order valence-electron chi connectivity index (χ3n) is 3.65. The molecule has 0 saturated carbocycles. The lowest BCUT2D eigenvalue weighted by Gasteiger charge is -2.27. The van der Waals surface area contributed by atoms with Gasteiger partial charge in [0.25, 0.3) is 0 Å². The maximum atomic E-state index is 11.7. The van der Waals surface area contributed by atoms with Gasteiger partial charge in [0.15, 0.2) is 15.8 Å². The number of nitrogens with one attached hydrogen (secondary N) is 1. The summed E-state index contributed by atoms with van der Waals surface area (Å²) in [6.45, 7) is 8.40. The van der Waals surface area contributed by atoms with Gasteiger partial charge >= 0.3 is 0 Å². The monoisotopic (exact) mass is 317 g/mol. The van der Waals surface area contributed by atoms with Crippen LogP contribution in [-0.4, -0.2) is 57.5 Å². The quantitative estimate of drug-likeness (QED) is 0.306. The Hall–Kier alpha value is -1.04. The highest BCUT2D eigenvalue weighted by atomic mass is 32.2. The lowest BCUT2D eigenvalue weighted by molar-refractivity contribution is 0.449. The van der Waals surface area contributed by atoms with Gasteiger partial charge in [-0.2, -0.15) is 0 Å². The smallest absolute Gasteiger partial charge is 0.193 e. The van der Waals surface area contributed by atoms with Crippen molar-refractivity contribution in [2.24, 2.45) is 4.99 Å². The summed E-state index contributed by atoms with van der Waals surface area (Å²) in [6, 6.07) is 0. The molecule has 0 bridgehead atoms. The standard InChI is InChI=1S/C15H31N3O2S/c1-7-8-9-10-11-12-18(5)14(16-4)17-13-15(2,3)21(6,19)20/h7H,1,8-13H2,2-6H3,(H,16,17). The number of unbranched alkanes of at least 4 members (excludes halogenated alkanes) is 3. The largest absolute Gasteiger partial charge is 0.355 e. The van der Waals surface area contributed by atoms with Gasteiger partial charge in [-0.05, 0) is 33.1 Å². The molecule has 0 amide bonds. The van der Waals surface area contributed by atoms with E-state index >= 15 is 0 Å². The van der Waals surface area contributed by atoms with Crippen molar-refractivity contribution in [2.45, 2.75) is 44.3 Å². The fourth-order valence-electron chi connectivity index (χ4n) is 1.73. The lowest BCUT2D eigenvalue weighted by Crippen LogP contribution is -2.48. The molecule has 0 rings (SSSR count). The fourth-order valence-corrected chi connectivity index (χ4v) is 2.06. The van der Waals surface area contributed by atoms with Crippen molar-refractivity contribution in [2.75, 3.05) is 33.4 Å². The molecule has 0 aliphatic carbocycles. The van der Waals surface area contributed by atoms with E-state index in [1.165, 1.54) is 6.26 Å². The predicted molar refractivity (Wildman–Crippen MR) is 91.6 cm³/mol. The maximum absolute atomic E-state index is 11.7. The van der Waals surface area contributed by atoms with Crippen molar-refractivity contribution in [3.05, 3.63) is 12.7 Å². The molecule has 0 saturated heterocycles. The minimum Gasteiger partial charge on any atom is -0.355 e. The number of sulfone groups is 1. The zero-order valence-corrected chi connectivity index (χ0v) is 15.0. The van der Waals surface area contributed by atoms with Crippen LogP contribution in [0.5, 0.6) is 0 Å². The van der Waals surface area contributed by atoms with Gasteiger partial charge in [0, 0.05) is 33.4 Å². The molecule has 0 spiro atoms. The molecule has 6 heteroatoms. The van der Waals surface area contributed by atoms with Crippen LogP contribution in [0.3, 0.4) is 0 Å². The molecule has 1 N–H and O–H groups in total. The Kier molecular flexibility index (Phi) is 8.63. The van der Waals surface area contributed by atoms with E-state index in [9.17, 15) is 8.42 Å². The molecule has 0 radical (unpaired) electrons. The highest BCUT2D eigenvalue weighted by Gasteiger charge is 2.30. The molecule has 0 atom stereocenters. The first-order chi connectivity index (χ1) is 9.65. The van der Waals surface area contributed by atoms with Crippen LogP contribution in [0.25, 0.3) is 0 Å². The first-order valence-electron chi connectivity index (χ1n) is 7.38.